The molecule has 5 atom stereocenters. The van der Waals surface area contributed by atoms with Crippen LogP contribution in [0.1, 0.15) is 29.3 Å². The van der Waals surface area contributed by atoms with Crippen LogP contribution in [0.3, 0.4) is 0 Å². The third-order valence-corrected chi connectivity index (χ3v) is 5.30. The van der Waals surface area contributed by atoms with Crippen molar-refractivity contribution >= 4 is 11.8 Å². The van der Waals surface area contributed by atoms with Crippen molar-refractivity contribution in [2.45, 2.75) is 50.5 Å². The summed E-state index contributed by atoms with van der Waals surface area (Å²) in [6, 6.07) is 8.32. The summed E-state index contributed by atoms with van der Waals surface area (Å²) < 4.78 is 15.9. The van der Waals surface area contributed by atoms with Gasteiger partial charge in [-0.25, -0.2) is 0 Å². The summed E-state index contributed by atoms with van der Waals surface area (Å²) in [6.45, 7) is 0.403. The molecule has 1 fully saturated rings. The largest absolute Gasteiger partial charge is 0.508 e. The van der Waals surface area contributed by atoms with Crippen LogP contribution >= 0.6 is 0 Å². The lowest BCUT2D eigenvalue weighted by Gasteiger charge is -2.41. The van der Waals surface area contributed by atoms with Crippen LogP contribution in [-0.2, 0) is 20.7 Å². The van der Waals surface area contributed by atoms with Crippen LogP contribution in [0.25, 0.3) is 0 Å². The Bertz CT molecular complexity index is 997. The van der Waals surface area contributed by atoms with Crippen molar-refractivity contribution in [2.75, 3.05) is 6.61 Å². The molecule has 2 aromatic carbocycles. The van der Waals surface area contributed by atoms with E-state index in [1.165, 1.54) is 12.1 Å². The van der Waals surface area contributed by atoms with E-state index < -0.39 is 60.6 Å². The Kier molecular flexibility index (Phi) is 7.94. The number of carbonyl (C=O) groups is 2. The average molecular weight is 478 g/mol. The second kappa shape index (κ2) is 10.7. The molecule has 1 aliphatic rings. The molecule has 184 valence electrons. The van der Waals surface area contributed by atoms with E-state index in [0.29, 0.717) is 6.42 Å². The summed E-state index contributed by atoms with van der Waals surface area (Å²) in [4.78, 5) is 24.0. The lowest BCUT2D eigenvalue weighted by atomic mass is 9.99. The molecule has 0 spiro atoms. The van der Waals surface area contributed by atoms with Crippen LogP contribution in [0.15, 0.2) is 36.4 Å². The van der Waals surface area contributed by atoms with Gasteiger partial charge >= 0.3 is 5.97 Å². The van der Waals surface area contributed by atoms with Gasteiger partial charge in [-0.05, 0) is 24.1 Å². The zero-order valence-corrected chi connectivity index (χ0v) is 18.2. The molecule has 0 amide bonds. The molecule has 1 heterocycles. The number of Topliss-reactive ketones (excluding diaryl/α,β-unsaturated/α-hetero) is 1. The molecule has 1 saturated heterocycles. The maximum atomic E-state index is 12.6. The van der Waals surface area contributed by atoms with Crippen molar-refractivity contribution in [3.63, 3.8) is 0 Å². The van der Waals surface area contributed by atoms with Crippen LogP contribution in [-0.4, -0.2) is 79.7 Å². The van der Waals surface area contributed by atoms with Crippen molar-refractivity contribution in [1.29, 1.82) is 0 Å². The number of carbonyl (C=O) groups excluding carboxylic acids is 2. The first-order chi connectivity index (χ1) is 16.1. The summed E-state index contributed by atoms with van der Waals surface area (Å²) in [7, 11) is 0. The first kappa shape index (κ1) is 25.2. The van der Waals surface area contributed by atoms with Gasteiger partial charge in [0.15, 0.2) is 11.9 Å². The maximum absolute atomic E-state index is 12.6. The van der Waals surface area contributed by atoms with Crippen LogP contribution in [0.4, 0.5) is 0 Å². The normalized spacial score (nSPS) is 24.4. The van der Waals surface area contributed by atoms with Gasteiger partial charge in [0.2, 0.25) is 6.29 Å². The number of phenols is 3. The minimum absolute atomic E-state index is 0.0331. The number of esters is 1. The van der Waals surface area contributed by atoms with Crippen molar-refractivity contribution < 1.29 is 54.4 Å². The number of ether oxygens (including phenoxy) is 3. The summed E-state index contributed by atoms with van der Waals surface area (Å²) in [5, 5.41) is 59.7. The number of hydrogen-bond donors (Lipinski definition) is 6. The molecule has 0 unspecified atom stereocenters. The summed E-state index contributed by atoms with van der Waals surface area (Å²) in [5.41, 5.74) is 0.450. The highest BCUT2D eigenvalue weighted by atomic mass is 16.7. The number of hydrogen-bond acceptors (Lipinski definition) is 11. The molecule has 0 saturated carbocycles. The molecule has 2 aromatic rings. The van der Waals surface area contributed by atoms with Crippen molar-refractivity contribution in [3.05, 3.63) is 47.5 Å². The molecule has 0 aromatic heterocycles. The van der Waals surface area contributed by atoms with E-state index in [0.717, 1.165) is 24.6 Å². The third-order valence-electron chi connectivity index (χ3n) is 5.30. The number of phenolic OH excluding ortho intramolecular Hbond substituents is 3. The zero-order chi connectivity index (χ0) is 25.0. The number of aromatic hydroxyl groups is 3. The van der Waals surface area contributed by atoms with E-state index in [9.17, 15) is 40.2 Å². The average Bonchev–Trinajstić information content (AvgIpc) is 2.77. The summed E-state index contributed by atoms with van der Waals surface area (Å²) in [5.74, 6) is -2.59. The predicted octanol–water partition coefficient (Wildman–Crippen LogP) is 0.368. The first-order valence-electron chi connectivity index (χ1n) is 10.4. The Morgan fingerprint density at radius 3 is 2.18 bits per heavy atom. The molecule has 1 aliphatic heterocycles. The van der Waals surface area contributed by atoms with Gasteiger partial charge in [-0.2, -0.15) is 0 Å². The Labute approximate surface area is 194 Å². The van der Waals surface area contributed by atoms with Gasteiger partial charge in [-0.1, -0.05) is 12.1 Å². The Morgan fingerprint density at radius 2 is 1.62 bits per heavy atom. The SMILES string of the molecule is CC(=O)O[C@H]1[C@H](Oc2cc(O)c(C(=O)CCc3ccc(O)cc3)c(O)c2)O[C@H](CO)[C@@H](O)[C@@H]1O. The molecule has 3 rings (SSSR count). The van der Waals surface area contributed by atoms with Gasteiger partial charge < -0.3 is 44.8 Å². The molecule has 11 heteroatoms. The standard InChI is InChI=1S/C23H26O11/c1-11(25)32-22-21(31)20(30)18(10-24)34-23(22)33-14-8-16(28)19(17(29)9-14)15(27)7-4-12-2-5-13(26)6-3-12/h2-3,5-6,8-9,18,20-24,26,28-31H,4,7,10H2,1H3/t18-,20-,21+,22-,23-/m1/s1. The molecule has 34 heavy (non-hydrogen) atoms. The number of rotatable bonds is 8. The molecular formula is C23H26O11. The van der Waals surface area contributed by atoms with Crippen LogP contribution < -0.4 is 4.74 Å². The van der Waals surface area contributed by atoms with E-state index in [2.05, 4.69) is 0 Å². The summed E-state index contributed by atoms with van der Waals surface area (Å²) >= 11 is 0. The second-order valence-corrected chi connectivity index (χ2v) is 7.82. The van der Waals surface area contributed by atoms with E-state index in [1.54, 1.807) is 12.1 Å². The van der Waals surface area contributed by atoms with Crippen molar-refractivity contribution in [2.24, 2.45) is 0 Å². The predicted molar refractivity (Wildman–Crippen MR) is 114 cm³/mol. The molecule has 0 bridgehead atoms. The quantitative estimate of drug-likeness (QED) is 0.228. The highest BCUT2D eigenvalue weighted by Gasteiger charge is 2.47. The smallest absolute Gasteiger partial charge is 0.303 e. The van der Waals surface area contributed by atoms with E-state index in [-0.39, 0.29) is 23.5 Å². The Hall–Kier alpha value is -3.38. The first-order valence-corrected chi connectivity index (χ1v) is 10.4. The minimum atomic E-state index is -1.65. The van der Waals surface area contributed by atoms with Crippen LogP contribution in [0.5, 0.6) is 23.0 Å². The van der Waals surface area contributed by atoms with E-state index >= 15 is 0 Å². The summed E-state index contributed by atoms with van der Waals surface area (Å²) in [6.07, 6.45) is -7.18. The number of aliphatic hydroxyl groups excluding tert-OH is 3. The van der Waals surface area contributed by atoms with Crippen molar-refractivity contribution in [1.82, 2.24) is 0 Å². The Morgan fingerprint density at radius 1 is 1.00 bits per heavy atom. The molecule has 11 nitrogen and oxygen atoms in total. The fraction of sp³-hybridized carbons (Fsp3) is 0.391. The second-order valence-electron chi connectivity index (χ2n) is 7.82. The van der Waals surface area contributed by atoms with E-state index in [1.807, 2.05) is 0 Å². The van der Waals surface area contributed by atoms with Gasteiger partial charge in [-0.15, -0.1) is 0 Å². The molecule has 0 radical (unpaired) electrons. The van der Waals surface area contributed by atoms with Crippen LogP contribution in [0, 0.1) is 0 Å². The van der Waals surface area contributed by atoms with Gasteiger partial charge in [0.05, 0.1) is 6.61 Å². The maximum Gasteiger partial charge on any atom is 0.303 e. The fourth-order valence-corrected chi connectivity index (χ4v) is 3.59. The Balaban J connectivity index is 1.76. The third kappa shape index (κ3) is 5.75. The molecule has 6 N–H and O–H groups in total. The lowest BCUT2D eigenvalue weighted by Crippen LogP contribution is -2.61. The zero-order valence-electron chi connectivity index (χ0n) is 18.2. The minimum Gasteiger partial charge on any atom is -0.508 e. The number of aryl methyl sites for hydroxylation is 1. The van der Waals surface area contributed by atoms with Gasteiger partial charge in [0.25, 0.3) is 0 Å². The van der Waals surface area contributed by atoms with Crippen molar-refractivity contribution in [3.8, 4) is 23.0 Å². The number of benzene rings is 2. The number of ketones is 1. The monoisotopic (exact) mass is 478 g/mol. The number of aliphatic hydroxyl groups is 3. The topological polar surface area (TPSA) is 183 Å². The van der Waals surface area contributed by atoms with Gasteiger partial charge in [0.1, 0.15) is 46.9 Å². The lowest BCUT2D eigenvalue weighted by molar-refractivity contribution is -0.281. The highest BCUT2D eigenvalue weighted by molar-refractivity contribution is 6.01. The van der Waals surface area contributed by atoms with E-state index in [4.69, 9.17) is 14.2 Å². The van der Waals surface area contributed by atoms with Gasteiger partial charge in [0, 0.05) is 25.5 Å². The fourth-order valence-electron chi connectivity index (χ4n) is 3.59. The molecule has 0 aliphatic carbocycles. The van der Waals surface area contributed by atoms with Gasteiger partial charge in [-0.3, -0.25) is 9.59 Å². The molecular weight excluding hydrogens is 452 g/mol. The highest BCUT2D eigenvalue weighted by Crippen LogP contribution is 2.35. The van der Waals surface area contributed by atoms with Crippen LogP contribution in [0.2, 0.25) is 0 Å².